The summed E-state index contributed by atoms with van der Waals surface area (Å²) < 4.78 is 10.8. The molecule has 1 aromatic heterocycles. The first-order valence-electron chi connectivity index (χ1n) is 5.71. The van der Waals surface area contributed by atoms with Crippen molar-refractivity contribution in [1.82, 2.24) is 4.98 Å². The Kier molecular flexibility index (Phi) is 3.67. The third-order valence-corrected chi connectivity index (χ3v) is 2.64. The fourth-order valence-corrected chi connectivity index (χ4v) is 1.59. The summed E-state index contributed by atoms with van der Waals surface area (Å²) in [6, 6.07) is 11.3. The predicted octanol–water partition coefficient (Wildman–Crippen LogP) is 2.81. The lowest BCUT2D eigenvalue weighted by Gasteiger charge is -2.14. The average molecular weight is 244 g/mol. The number of rotatable bonds is 4. The standard InChI is InChI=1S/C14H16N2O2/c1-10(11-3-6-13(17-2)7-4-11)18-14-8-5-12(15)9-16-14/h3-10H,15H2,1-2H3. The normalized spacial score (nSPS) is 11.9. The van der Waals surface area contributed by atoms with Crippen LogP contribution in [-0.4, -0.2) is 12.1 Å². The van der Waals surface area contributed by atoms with Gasteiger partial charge >= 0.3 is 0 Å². The van der Waals surface area contributed by atoms with Gasteiger partial charge in [-0.05, 0) is 30.7 Å². The zero-order valence-electron chi connectivity index (χ0n) is 10.5. The number of nitrogens with two attached hydrogens (primary N) is 1. The highest BCUT2D eigenvalue weighted by atomic mass is 16.5. The van der Waals surface area contributed by atoms with Gasteiger partial charge in [0.25, 0.3) is 0 Å². The number of benzene rings is 1. The van der Waals surface area contributed by atoms with Gasteiger partial charge in [0.15, 0.2) is 0 Å². The Hall–Kier alpha value is -2.23. The van der Waals surface area contributed by atoms with E-state index >= 15 is 0 Å². The molecule has 1 aromatic carbocycles. The van der Waals surface area contributed by atoms with Gasteiger partial charge in [-0.25, -0.2) is 4.98 Å². The molecule has 0 aliphatic heterocycles. The van der Waals surface area contributed by atoms with Gasteiger partial charge in [0.2, 0.25) is 5.88 Å². The molecule has 2 rings (SSSR count). The summed E-state index contributed by atoms with van der Waals surface area (Å²) in [6.07, 6.45) is 1.50. The molecule has 0 spiro atoms. The largest absolute Gasteiger partial charge is 0.497 e. The highest BCUT2D eigenvalue weighted by Gasteiger charge is 2.08. The van der Waals surface area contributed by atoms with Crippen LogP contribution in [0.4, 0.5) is 5.69 Å². The first-order valence-corrected chi connectivity index (χ1v) is 5.71. The zero-order valence-corrected chi connectivity index (χ0v) is 10.5. The number of anilines is 1. The van der Waals surface area contributed by atoms with Crippen molar-refractivity contribution in [2.75, 3.05) is 12.8 Å². The minimum absolute atomic E-state index is 0.0768. The fraction of sp³-hybridized carbons (Fsp3) is 0.214. The van der Waals surface area contributed by atoms with Gasteiger partial charge in [-0.15, -0.1) is 0 Å². The number of hydrogen-bond donors (Lipinski definition) is 1. The molecule has 0 saturated heterocycles. The maximum absolute atomic E-state index is 5.72. The number of aromatic nitrogens is 1. The zero-order chi connectivity index (χ0) is 13.0. The summed E-state index contributed by atoms with van der Waals surface area (Å²) >= 11 is 0. The van der Waals surface area contributed by atoms with Crippen LogP contribution in [0.3, 0.4) is 0 Å². The second-order valence-electron chi connectivity index (χ2n) is 3.96. The molecule has 0 bridgehead atoms. The van der Waals surface area contributed by atoms with Gasteiger partial charge in [0, 0.05) is 6.07 Å². The van der Waals surface area contributed by atoms with Crippen molar-refractivity contribution in [3.8, 4) is 11.6 Å². The van der Waals surface area contributed by atoms with E-state index in [1.54, 1.807) is 25.4 Å². The van der Waals surface area contributed by atoms with Crippen molar-refractivity contribution in [3.63, 3.8) is 0 Å². The number of methoxy groups -OCH3 is 1. The number of hydrogen-bond acceptors (Lipinski definition) is 4. The van der Waals surface area contributed by atoms with E-state index in [1.807, 2.05) is 31.2 Å². The summed E-state index contributed by atoms with van der Waals surface area (Å²) in [5.41, 5.74) is 7.26. The Balaban J connectivity index is 2.06. The molecule has 0 aliphatic carbocycles. The van der Waals surface area contributed by atoms with Crippen molar-refractivity contribution in [2.45, 2.75) is 13.0 Å². The summed E-state index contributed by atoms with van der Waals surface area (Å²) in [7, 11) is 1.65. The molecule has 2 aromatic rings. The van der Waals surface area contributed by atoms with Gasteiger partial charge in [-0.1, -0.05) is 12.1 Å². The Bertz CT molecular complexity index is 494. The van der Waals surface area contributed by atoms with Crippen LogP contribution in [-0.2, 0) is 0 Å². The van der Waals surface area contributed by atoms with E-state index in [-0.39, 0.29) is 6.10 Å². The molecule has 2 N–H and O–H groups in total. The smallest absolute Gasteiger partial charge is 0.213 e. The van der Waals surface area contributed by atoms with E-state index in [0.29, 0.717) is 11.6 Å². The van der Waals surface area contributed by atoms with E-state index in [1.165, 1.54) is 0 Å². The van der Waals surface area contributed by atoms with Crippen LogP contribution < -0.4 is 15.2 Å². The number of pyridine rings is 1. The quantitative estimate of drug-likeness (QED) is 0.898. The number of ether oxygens (including phenoxy) is 2. The second kappa shape index (κ2) is 5.40. The molecule has 4 nitrogen and oxygen atoms in total. The topological polar surface area (TPSA) is 57.4 Å². The number of nitrogens with zero attached hydrogens (tertiary/aromatic N) is 1. The number of nitrogen functional groups attached to an aromatic ring is 1. The third kappa shape index (κ3) is 2.91. The van der Waals surface area contributed by atoms with Crippen molar-refractivity contribution in [2.24, 2.45) is 0 Å². The molecule has 0 fully saturated rings. The van der Waals surface area contributed by atoms with E-state index in [0.717, 1.165) is 11.3 Å². The third-order valence-electron chi connectivity index (χ3n) is 2.64. The van der Waals surface area contributed by atoms with Crippen molar-refractivity contribution < 1.29 is 9.47 Å². The lowest BCUT2D eigenvalue weighted by Crippen LogP contribution is -2.04. The van der Waals surface area contributed by atoms with Crippen LogP contribution in [0.25, 0.3) is 0 Å². The van der Waals surface area contributed by atoms with Gasteiger partial charge < -0.3 is 15.2 Å². The van der Waals surface area contributed by atoms with Crippen LogP contribution in [0.5, 0.6) is 11.6 Å². The van der Waals surface area contributed by atoms with Crippen LogP contribution in [0.15, 0.2) is 42.6 Å². The SMILES string of the molecule is COc1ccc(C(C)Oc2ccc(N)cn2)cc1. The predicted molar refractivity (Wildman–Crippen MR) is 70.7 cm³/mol. The summed E-state index contributed by atoms with van der Waals surface area (Å²) in [5, 5.41) is 0. The minimum Gasteiger partial charge on any atom is -0.497 e. The van der Waals surface area contributed by atoms with Gasteiger partial charge in [0.1, 0.15) is 11.9 Å². The summed E-state index contributed by atoms with van der Waals surface area (Å²) in [4.78, 5) is 4.11. The molecule has 0 aliphatic rings. The molecular formula is C14H16N2O2. The van der Waals surface area contributed by atoms with E-state index in [4.69, 9.17) is 15.2 Å². The lowest BCUT2D eigenvalue weighted by molar-refractivity contribution is 0.217. The van der Waals surface area contributed by atoms with E-state index in [2.05, 4.69) is 4.98 Å². The maximum Gasteiger partial charge on any atom is 0.213 e. The highest BCUT2D eigenvalue weighted by molar-refractivity contribution is 5.36. The first kappa shape index (κ1) is 12.2. The molecule has 1 atom stereocenters. The Morgan fingerprint density at radius 2 is 1.83 bits per heavy atom. The summed E-state index contributed by atoms with van der Waals surface area (Å²) in [6.45, 7) is 1.97. The Labute approximate surface area is 106 Å². The van der Waals surface area contributed by atoms with E-state index < -0.39 is 0 Å². The van der Waals surface area contributed by atoms with E-state index in [9.17, 15) is 0 Å². The van der Waals surface area contributed by atoms with Crippen LogP contribution in [0.2, 0.25) is 0 Å². The highest BCUT2D eigenvalue weighted by Crippen LogP contribution is 2.22. The molecule has 94 valence electrons. The lowest BCUT2D eigenvalue weighted by atomic mass is 10.1. The molecule has 0 saturated carbocycles. The van der Waals surface area contributed by atoms with Gasteiger partial charge in [0.05, 0.1) is 19.0 Å². The molecule has 1 unspecified atom stereocenters. The fourth-order valence-electron chi connectivity index (χ4n) is 1.59. The van der Waals surface area contributed by atoms with Crippen LogP contribution in [0, 0.1) is 0 Å². The maximum atomic E-state index is 5.72. The molecule has 4 heteroatoms. The second-order valence-corrected chi connectivity index (χ2v) is 3.96. The van der Waals surface area contributed by atoms with Crippen molar-refractivity contribution >= 4 is 5.69 Å². The monoisotopic (exact) mass is 244 g/mol. The first-order chi connectivity index (χ1) is 8.69. The van der Waals surface area contributed by atoms with Crippen molar-refractivity contribution in [3.05, 3.63) is 48.2 Å². The van der Waals surface area contributed by atoms with Crippen LogP contribution >= 0.6 is 0 Å². The van der Waals surface area contributed by atoms with Gasteiger partial charge in [-0.3, -0.25) is 0 Å². The molecule has 18 heavy (non-hydrogen) atoms. The Morgan fingerprint density at radius 3 is 2.39 bits per heavy atom. The minimum atomic E-state index is -0.0768. The molecule has 0 amide bonds. The summed E-state index contributed by atoms with van der Waals surface area (Å²) in [5.74, 6) is 1.39. The van der Waals surface area contributed by atoms with Crippen molar-refractivity contribution in [1.29, 1.82) is 0 Å². The molecule has 1 heterocycles. The van der Waals surface area contributed by atoms with Gasteiger partial charge in [-0.2, -0.15) is 0 Å². The Morgan fingerprint density at radius 1 is 1.11 bits per heavy atom. The average Bonchev–Trinajstić information content (AvgIpc) is 2.41. The molecular weight excluding hydrogens is 228 g/mol. The van der Waals surface area contributed by atoms with Crippen LogP contribution in [0.1, 0.15) is 18.6 Å². The molecule has 0 radical (unpaired) electrons.